The first-order chi connectivity index (χ1) is 17.5. The van der Waals surface area contributed by atoms with Gasteiger partial charge in [-0.3, -0.25) is 4.79 Å². The molecule has 0 fully saturated rings. The molecule has 0 aliphatic carbocycles. The second-order valence-electron chi connectivity index (χ2n) is 8.79. The van der Waals surface area contributed by atoms with E-state index in [9.17, 15) is 9.59 Å². The van der Waals surface area contributed by atoms with Gasteiger partial charge < -0.3 is 9.47 Å². The van der Waals surface area contributed by atoms with E-state index in [1.54, 1.807) is 25.3 Å². The van der Waals surface area contributed by atoms with Gasteiger partial charge in [0.2, 0.25) is 0 Å². The second-order valence-corrected chi connectivity index (χ2v) is 8.79. The Labute approximate surface area is 209 Å². The van der Waals surface area contributed by atoms with Crippen molar-refractivity contribution in [2.24, 2.45) is 5.10 Å². The quantitative estimate of drug-likeness (QED) is 0.334. The summed E-state index contributed by atoms with van der Waals surface area (Å²) in [7, 11) is 1.62. The summed E-state index contributed by atoms with van der Waals surface area (Å²) in [5, 5.41) is 8.40. The zero-order chi connectivity index (χ0) is 25.1. The van der Waals surface area contributed by atoms with E-state index in [-0.39, 0.29) is 11.9 Å². The number of esters is 1. The molecule has 0 spiro atoms. The van der Waals surface area contributed by atoms with E-state index in [2.05, 4.69) is 24.3 Å². The number of rotatable bonds is 6. The molecule has 0 saturated heterocycles. The smallest absolute Gasteiger partial charge is 0.338 e. The van der Waals surface area contributed by atoms with Crippen molar-refractivity contribution >= 4 is 28.4 Å². The molecule has 5 rings (SSSR count). The van der Waals surface area contributed by atoms with Crippen LogP contribution in [0, 0.1) is 6.92 Å². The van der Waals surface area contributed by atoms with Crippen molar-refractivity contribution < 1.29 is 19.1 Å². The van der Waals surface area contributed by atoms with Gasteiger partial charge in [-0.05, 0) is 59.2 Å². The summed E-state index contributed by atoms with van der Waals surface area (Å²) < 4.78 is 10.6. The molecule has 6 heteroatoms. The maximum absolute atomic E-state index is 13.3. The number of hydrogen-bond acceptors (Lipinski definition) is 5. The normalized spacial score (nSPS) is 15.0. The molecular weight excluding hydrogens is 452 g/mol. The second kappa shape index (κ2) is 10.0. The molecule has 0 radical (unpaired) electrons. The highest BCUT2D eigenvalue weighted by Gasteiger charge is 2.33. The van der Waals surface area contributed by atoms with Gasteiger partial charge in [0.05, 0.1) is 24.4 Å². The Bertz CT molecular complexity index is 1460. The Morgan fingerprint density at radius 2 is 1.69 bits per heavy atom. The van der Waals surface area contributed by atoms with E-state index in [0.717, 1.165) is 38.9 Å². The van der Waals surface area contributed by atoms with Crippen LogP contribution in [0.25, 0.3) is 10.8 Å². The van der Waals surface area contributed by atoms with E-state index in [4.69, 9.17) is 14.6 Å². The Balaban J connectivity index is 1.41. The average Bonchev–Trinajstić information content (AvgIpc) is 3.37. The summed E-state index contributed by atoms with van der Waals surface area (Å²) in [6, 6.07) is 28.7. The van der Waals surface area contributed by atoms with Crippen LogP contribution in [0.3, 0.4) is 0 Å². The number of amides is 1. The van der Waals surface area contributed by atoms with Crippen molar-refractivity contribution in [3.8, 4) is 5.75 Å². The standard InChI is InChI=1S/C30H26N2O4/c1-20-6-5-9-25(16-20)30(34)36-19-29(33)32-28(22-12-14-26(35-2)15-13-22)18-27(31-32)24-11-10-21-7-3-4-8-23(21)17-24/h3-17,28H,18-19H2,1-2H3/t28-/m1/s1. The van der Waals surface area contributed by atoms with Crippen LogP contribution in [-0.4, -0.2) is 36.3 Å². The molecule has 0 unspecified atom stereocenters. The molecule has 4 aromatic rings. The first-order valence-electron chi connectivity index (χ1n) is 11.8. The highest BCUT2D eigenvalue weighted by atomic mass is 16.5. The minimum absolute atomic E-state index is 0.317. The van der Waals surface area contributed by atoms with Gasteiger partial charge in [-0.15, -0.1) is 0 Å². The summed E-state index contributed by atoms with van der Waals surface area (Å²) in [5.74, 6) is -0.184. The van der Waals surface area contributed by atoms with Gasteiger partial charge in [-0.25, -0.2) is 9.80 Å². The van der Waals surface area contributed by atoms with Crippen molar-refractivity contribution in [2.75, 3.05) is 13.7 Å². The summed E-state index contributed by atoms with van der Waals surface area (Å²) in [6.45, 7) is 1.50. The molecule has 0 bridgehead atoms. The first kappa shape index (κ1) is 23.3. The van der Waals surface area contributed by atoms with E-state index in [1.807, 2.05) is 55.5 Å². The highest BCUT2D eigenvalue weighted by molar-refractivity contribution is 6.05. The Morgan fingerprint density at radius 3 is 2.44 bits per heavy atom. The highest BCUT2D eigenvalue weighted by Crippen LogP contribution is 2.34. The predicted octanol–water partition coefficient (Wildman–Crippen LogP) is 5.69. The summed E-state index contributed by atoms with van der Waals surface area (Å²) >= 11 is 0. The van der Waals surface area contributed by atoms with E-state index >= 15 is 0 Å². The van der Waals surface area contributed by atoms with Crippen molar-refractivity contribution in [1.29, 1.82) is 0 Å². The third-order valence-corrected chi connectivity index (χ3v) is 6.33. The van der Waals surface area contributed by atoms with Gasteiger partial charge >= 0.3 is 5.97 Å². The molecule has 0 N–H and O–H groups in total. The monoisotopic (exact) mass is 478 g/mol. The van der Waals surface area contributed by atoms with Crippen LogP contribution >= 0.6 is 0 Å². The number of hydrogen-bond donors (Lipinski definition) is 0. The lowest BCUT2D eigenvalue weighted by Gasteiger charge is -2.22. The van der Waals surface area contributed by atoms with Crippen molar-refractivity contribution in [1.82, 2.24) is 5.01 Å². The number of carbonyl (C=O) groups excluding carboxylic acids is 2. The van der Waals surface area contributed by atoms with Crippen LogP contribution in [0.2, 0.25) is 0 Å². The average molecular weight is 479 g/mol. The van der Waals surface area contributed by atoms with Gasteiger partial charge in [0.1, 0.15) is 5.75 Å². The molecular formula is C30H26N2O4. The molecule has 1 amide bonds. The van der Waals surface area contributed by atoms with Gasteiger partial charge in [-0.2, -0.15) is 5.10 Å². The number of methoxy groups -OCH3 is 1. The summed E-state index contributed by atoms with van der Waals surface area (Å²) in [6.07, 6.45) is 0.544. The van der Waals surface area contributed by atoms with Crippen LogP contribution < -0.4 is 4.74 Å². The van der Waals surface area contributed by atoms with Crippen LogP contribution in [0.4, 0.5) is 0 Å². The number of benzene rings is 4. The van der Waals surface area contributed by atoms with Crippen LogP contribution in [0.5, 0.6) is 5.75 Å². The lowest BCUT2D eigenvalue weighted by molar-refractivity contribution is -0.136. The fourth-order valence-corrected chi connectivity index (χ4v) is 4.42. The molecule has 1 heterocycles. The minimum Gasteiger partial charge on any atom is -0.497 e. The zero-order valence-corrected chi connectivity index (χ0v) is 20.2. The van der Waals surface area contributed by atoms with Crippen molar-refractivity contribution in [2.45, 2.75) is 19.4 Å². The minimum atomic E-state index is -0.536. The number of hydrazone groups is 1. The van der Waals surface area contributed by atoms with Crippen molar-refractivity contribution in [3.05, 3.63) is 113 Å². The van der Waals surface area contributed by atoms with Crippen LogP contribution in [-0.2, 0) is 9.53 Å². The molecule has 4 aromatic carbocycles. The van der Waals surface area contributed by atoms with Gasteiger partial charge in [0.25, 0.3) is 5.91 Å². The molecule has 0 saturated carbocycles. The first-order valence-corrected chi connectivity index (χ1v) is 11.8. The van der Waals surface area contributed by atoms with E-state index in [0.29, 0.717) is 12.0 Å². The summed E-state index contributed by atoms with van der Waals surface area (Å²) in [4.78, 5) is 25.8. The largest absolute Gasteiger partial charge is 0.497 e. The van der Waals surface area contributed by atoms with Crippen LogP contribution in [0.15, 0.2) is 96.1 Å². The molecule has 36 heavy (non-hydrogen) atoms. The fourth-order valence-electron chi connectivity index (χ4n) is 4.42. The van der Waals surface area contributed by atoms with Gasteiger partial charge in [-0.1, -0.05) is 66.2 Å². The summed E-state index contributed by atoms with van der Waals surface area (Å²) in [5.41, 5.74) is 4.05. The molecule has 1 atom stereocenters. The number of nitrogens with zero attached hydrogens (tertiary/aromatic N) is 2. The lowest BCUT2D eigenvalue weighted by atomic mass is 9.97. The number of ether oxygens (including phenoxy) is 2. The van der Waals surface area contributed by atoms with Crippen molar-refractivity contribution in [3.63, 3.8) is 0 Å². The van der Waals surface area contributed by atoms with Gasteiger partial charge in [0.15, 0.2) is 6.61 Å². The van der Waals surface area contributed by atoms with Crippen LogP contribution in [0.1, 0.15) is 39.5 Å². The Morgan fingerprint density at radius 1 is 0.917 bits per heavy atom. The predicted molar refractivity (Wildman–Crippen MR) is 139 cm³/mol. The Kier molecular flexibility index (Phi) is 6.50. The topological polar surface area (TPSA) is 68.2 Å². The van der Waals surface area contributed by atoms with E-state index in [1.165, 1.54) is 5.01 Å². The zero-order valence-electron chi connectivity index (χ0n) is 20.2. The molecule has 1 aliphatic heterocycles. The number of aryl methyl sites for hydroxylation is 1. The molecule has 6 nitrogen and oxygen atoms in total. The molecule has 1 aliphatic rings. The number of fused-ring (bicyclic) bond motifs is 1. The lowest BCUT2D eigenvalue weighted by Crippen LogP contribution is -2.31. The maximum Gasteiger partial charge on any atom is 0.338 e. The fraction of sp³-hybridized carbons (Fsp3) is 0.167. The number of carbonyl (C=O) groups is 2. The van der Waals surface area contributed by atoms with Gasteiger partial charge in [0, 0.05) is 6.42 Å². The maximum atomic E-state index is 13.3. The van der Waals surface area contributed by atoms with E-state index < -0.39 is 12.6 Å². The molecule has 0 aromatic heterocycles. The molecule has 180 valence electrons. The Hall–Kier alpha value is -4.45. The third-order valence-electron chi connectivity index (χ3n) is 6.33. The third kappa shape index (κ3) is 4.84. The SMILES string of the molecule is COc1ccc([C@H]2CC(c3ccc4ccccc4c3)=NN2C(=O)COC(=O)c2cccc(C)c2)cc1.